The van der Waals surface area contributed by atoms with Gasteiger partial charge in [-0.1, -0.05) is 103 Å². The molecule has 0 aliphatic rings. The molecule has 0 atom stereocenters. The van der Waals surface area contributed by atoms with E-state index in [9.17, 15) is 0 Å². The zero-order valence-corrected chi connectivity index (χ0v) is 20.8. The fourth-order valence-corrected chi connectivity index (χ4v) is 5.01. The van der Waals surface area contributed by atoms with Gasteiger partial charge in [0.1, 0.15) is 5.82 Å². The molecule has 0 fully saturated rings. The van der Waals surface area contributed by atoms with E-state index in [1.165, 1.54) is 0 Å². The Morgan fingerprint density at radius 1 is 0.500 bits per heavy atom. The maximum Gasteiger partial charge on any atom is 0.165 e. The van der Waals surface area contributed by atoms with Crippen molar-refractivity contribution < 1.29 is 0 Å². The lowest BCUT2D eigenvalue weighted by Gasteiger charge is -2.14. The monoisotopic (exact) mass is 489 g/mol. The van der Waals surface area contributed by atoms with Gasteiger partial charge in [0.05, 0.1) is 11.0 Å². The average molecular weight is 490 g/mol. The Morgan fingerprint density at radius 3 is 1.76 bits per heavy atom. The predicted molar refractivity (Wildman–Crippen MR) is 153 cm³/mol. The van der Waals surface area contributed by atoms with Gasteiger partial charge in [-0.05, 0) is 29.0 Å². The molecule has 38 heavy (non-hydrogen) atoms. The van der Waals surface area contributed by atoms with Gasteiger partial charge in [0.2, 0.25) is 0 Å². The van der Waals surface area contributed by atoms with E-state index < -0.39 is 0 Å². The van der Waals surface area contributed by atoms with Crippen LogP contribution in [0.4, 0.5) is 0 Å². The fourth-order valence-electron chi connectivity index (χ4n) is 5.01. The summed E-state index contributed by atoms with van der Waals surface area (Å²) in [6, 6.07) is 41.0. The summed E-state index contributed by atoms with van der Waals surface area (Å²) in [6.07, 6.45) is 0. The van der Waals surface area contributed by atoms with Gasteiger partial charge in [-0.15, -0.1) is 0 Å². The molecule has 0 saturated carbocycles. The minimum atomic E-state index is 0.622. The van der Waals surface area contributed by atoms with E-state index in [-0.39, 0.29) is 0 Å². The van der Waals surface area contributed by atoms with Gasteiger partial charge in [-0.2, -0.15) is 0 Å². The first-order valence-electron chi connectivity index (χ1n) is 12.6. The molecule has 5 nitrogen and oxygen atoms in total. The zero-order valence-electron chi connectivity index (χ0n) is 20.8. The lowest BCUT2D eigenvalue weighted by molar-refractivity contribution is 0.959. The summed E-state index contributed by atoms with van der Waals surface area (Å²) in [5.41, 5.74) is 5.84. The molecule has 0 aliphatic carbocycles. The van der Waals surface area contributed by atoms with Crippen molar-refractivity contribution in [3.63, 3.8) is 0 Å². The molecule has 180 valence electrons. The number of benzene rings is 5. The second-order valence-electron chi connectivity index (χ2n) is 9.23. The van der Waals surface area contributed by atoms with Crippen molar-refractivity contribution in [2.75, 3.05) is 0 Å². The van der Waals surface area contributed by atoms with Crippen LogP contribution in [0.3, 0.4) is 0 Å². The van der Waals surface area contributed by atoms with Gasteiger partial charge in [0.25, 0.3) is 0 Å². The average Bonchev–Trinajstić information content (AvgIpc) is 3.33. The quantitative estimate of drug-likeness (QED) is 0.256. The molecule has 5 heteroatoms. The van der Waals surface area contributed by atoms with Gasteiger partial charge in [0.15, 0.2) is 17.5 Å². The van der Waals surface area contributed by atoms with Crippen LogP contribution in [0, 0.1) is 0 Å². The maximum atomic E-state index is 5.06. The van der Waals surface area contributed by atoms with Gasteiger partial charge in [-0.3, -0.25) is 0 Å². The Balaban J connectivity index is 1.56. The van der Waals surface area contributed by atoms with Crippen molar-refractivity contribution in [3.8, 4) is 45.6 Å². The van der Waals surface area contributed by atoms with E-state index in [1.807, 2.05) is 78.9 Å². The molecule has 0 amide bonds. The van der Waals surface area contributed by atoms with E-state index >= 15 is 0 Å². The number of rotatable bonds is 4. The molecule has 2 aromatic heterocycles. The minimum absolute atomic E-state index is 0.622. The Hall–Kier alpha value is -5.16. The van der Waals surface area contributed by atoms with Crippen LogP contribution in [-0.2, 0) is 7.05 Å². The van der Waals surface area contributed by atoms with E-state index in [0.29, 0.717) is 17.5 Å². The van der Waals surface area contributed by atoms with E-state index in [2.05, 4.69) is 54.1 Å². The van der Waals surface area contributed by atoms with Crippen LogP contribution in [0.5, 0.6) is 0 Å². The highest BCUT2D eigenvalue weighted by atomic mass is 15.1. The summed E-state index contributed by atoms with van der Waals surface area (Å²) < 4.78 is 2.14. The summed E-state index contributed by atoms with van der Waals surface area (Å²) in [7, 11) is 2.06. The topological polar surface area (TPSA) is 56.5 Å². The molecule has 0 saturated heterocycles. The number of para-hydroxylation sites is 2. The van der Waals surface area contributed by atoms with Crippen molar-refractivity contribution in [2.24, 2.45) is 7.05 Å². The Bertz CT molecular complexity index is 1870. The van der Waals surface area contributed by atoms with E-state index in [0.717, 1.165) is 49.9 Å². The number of fused-ring (bicyclic) bond motifs is 2. The third-order valence-corrected chi connectivity index (χ3v) is 6.88. The largest absolute Gasteiger partial charge is 0.327 e. The van der Waals surface area contributed by atoms with Gasteiger partial charge in [0, 0.05) is 29.3 Å². The summed E-state index contributed by atoms with van der Waals surface area (Å²) in [6.45, 7) is 0. The second-order valence-corrected chi connectivity index (χ2v) is 9.23. The Morgan fingerprint density at radius 2 is 1.08 bits per heavy atom. The lowest BCUT2D eigenvalue weighted by atomic mass is 9.97. The lowest BCUT2D eigenvalue weighted by Crippen LogP contribution is -2.03. The second kappa shape index (κ2) is 9.05. The molecular weight excluding hydrogens is 466 g/mol. The predicted octanol–water partition coefficient (Wildman–Crippen LogP) is 7.58. The minimum Gasteiger partial charge on any atom is -0.327 e. The van der Waals surface area contributed by atoms with Crippen LogP contribution in [0.15, 0.2) is 121 Å². The molecule has 2 heterocycles. The van der Waals surface area contributed by atoms with Gasteiger partial charge >= 0.3 is 0 Å². The fraction of sp³-hybridized carbons (Fsp3) is 0.0303. The highest BCUT2D eigenvalue weighted by Crippen LogP contribution is 2.38. The van der Waals surface area contributed by atoms with Crippen molar-refractivity contribution in [2.45, 2.75) is 0 Å². The van der Waals surface area contributed by atoms with E-state index in [1.54, 1.807) is 0 Å². The molecule has 0 N–H and O–H groups in total. The summed E-state index contributed by atoms with van der Waals surface area (Å²) in [4.78, 5) is 20.0. The molecular formula is C33H23N5. The smallest absolute Gasteiger partial charge is 0.165 e. The number of hydrogen-bond donors (Lipinski definition) is 0. The summed E-state index contributed by atoms with van der Waals surface area (Å²) in [5.74, 6) is 2.77. The Labute approximate surface area is 220 Å². The molecule has 0 unspecified atom stereocenters. The number of imidazole rings is 1. The molecule has 5 aromatic carbocycles. The summed E-state index contributed by atoms with van der Waals surface area (Å²) in [5, 5.41) is 2.19. The van der Waals surface area contributed by atoms with Crippen molar-refractivity contribution in [3.05, 3.63) is 121 Å². The first-order valence-corrected chi connectivity index (χ1v) is 12.6. The number of aryl methyl sites for hydroxylation is 1. The molecule has 0 spiro atoms. The van der Waals surface area contributed by atoms with Crippen molar-refractivity contribution in [1.29, 1.82) is 0 Å². The van der Waals surface area contributed by atoms with Gasteiger partial charge in [-0.25, -0.2) is 19.9 Å². The third-order valence-electron chi connectivity index (χ3n) is 6.88. The van der Waals surface area contributed by atoms with Crippen LogP contribution in [0.25, 0.3) is 67.4 Å². The van der Waals surface area contributed by atoms with Crippen LogP contribution < -0.4 is 0 Å². The molecule has 7 rings (SSSR count). The molecule has 7 aromatic rings. The highest BCUT2D eigenvalue weighted by Gasteiger charge is 2.21. The van der Waals surface area contributed by atoms with Gasteiger partial charge < -0.3 is 4.57 Å². The molecule has 0 radical (unpaired) electrons. The Kier molecular flexibility index (Phi) is 5.26. The molecule has 0 aliphatic heterocycles. The van der Waals surface area contributed by atoms with E-state index in [4.69, 9.17) is 19.9 Å². The van der Waals surface area contributed by atoms with Crippen molar-refractivity contribution >= 4 is 21.8 Å². The first kappa shape index (κ1) is 22.1. The van der Waals surface area contributed by atoms with Crippen molar-refractivity contribution in [1.82, 2.24) is 24.5 Å². The van der Waals surface area contributed by atoms with Crippen LogP contribution >= 0.6 is 0 Å². The molecule has 0 bridgehead atoms. The normalized spacial score (nSPS) is 11.3. The third kappa shape index (κ3) is 3.73. The highest BCUT2D eigenvalue weighted by molar-refractivity contribution is 6.03. The summed E-state index contributed by atoms with van der Waals surface area (Å²) >= 11 is 0. The standard InChI is InChI=1S/C33H23N5/c1-38-28-19-11-10-18-27(28)34-33(38)26-21-20-22-12-8-9-17-25(22)29(26)32-36-30(23-13-4-2-5-14-23)35-31(37-32)24-15-6-3-7-16-24/h2-21H,1H3. The van der Waals surface area contributed by atoms with Crippen LogP contribution in [0.1, 0.15) is 0 Å². The number of hydrogen-bond acceptors (Lipinski definition) is 4. The zero-order chi connectivity index (χ0) is 25.5. The first-order chi connectivity index (χ1) is 18.8. The van der Waals surface area contributed by atoms with Crippen LogP contribution in [-0.4, -0.2) is 24.5 Å². The SMILES string of the molecule is Cn1c(-c2ccc3ccccc3c2-c2nc(-c3ccccc3)nc(-c3ccccc3)n2)nc2ccccc21. The number of nitrogens with zero attached hydrogens (tertiary/aromatic N) is 5. The maximum absolute atomic E-state index is 5.06. The van der Waals surface area contributed by atoms with Crippen LogP contribution in [0.2, 0.25) is 0 Å². The number of aromatic nitrogens is 5.